The molecule has 0 aliphatic rings. The van der Waals surface area contributed by atoms with Crippen LogP contribution in [0.3, 0.4) is 0 Å². The number of nitrogens with zero attached hydrogens (tertiary/aromatic N) is 2. The maximum atomic E-state index is 3.94. The van der Waals surface area contributed by atoms with Crippen molar-refractivity contribution in [1.82, 2.24) is 8.75 Å². The molecule has 4 heteroatoms. The van der Waals surface area contributed by atoms with Gasteiger partial charge in [0.05, 0.1) is 17.4 Å². The van der Waals surface area contributed by atoms with Gasteiger partial charge in [0.25, 0.3) is 0 Å². The Balaban J connectivity index is 3.12. The van der Waals surface area contributed by atoms with Crippen LogP contribution in [0.15, 0.2) is 0 Å². The average molecular weight is 226 g/mol. The van der Waals surface area contributed by atoms with E-state index in [1.807, 2.05) is 6.92 Å². The smallest absolute Gasteiger partial charge is 0.138 e. The lowest BCUT2D eigenvalue weighted by Crippen LogP contribution is -1.70. The first-order valence-corrected chi connectivity index (χ1v) is 3.56. The summed E-state index contributed by atoms with van der Waals surface area (Å²) in [6.07, 6.45) is 0. The number of halogens is 1. The summed E-state index contributed by atoms with van der Waals surface area (Å²) >= 11 is 3.42. The molecule has 2 nitrogen and oxygen atoms in total. The Morgan fingerprint density at radius 3 is 2.43 bits per heavy atom. The SMILES string of the molecule is Cc1nsnc1I. The molecule has 38 valence electrons. The van der Waals surface area contributed by atoms with Crippen molar-refractivity contribution < 1.29 is 0 Å². The summed E-state index contributed by atoms with van der Waals surface area (Å²) in [6, 6.07) is 0. The first-order chi connectivity index (χ1) is 3.30. The molecule has 0 saturated heterocycles. The third-order valence-electron chi connectivity index (χ3n) is 0.597. The van der Waals surface area contributed by atoms with Gasteiger partial charge in [0, 0.05) is 0 Å². The third-order valence-corrected chi connectivity index (χ3v) is 2.57. The summed E-state index contributed by atoms with van der Waals surface area (Å²) < 4.78 is 8.89. The predicted octanol–water partition coefficient (Wildman–Crippen LogP) is 1.45. The first-order valence-electron chi connectivity index (χ1n) is 1.75. The molecule has 0 aromatic carbocycles. The van der Waals surface area contributed by atoms with Crippen LogP contribution in [0.4, 0.5) is 0 Å². The highest BCUT2D eigenvalue weighted by molar-refractivity contribution is 14.1. The van der Waals surface area contributed by atoms with Crippen molar-refractivity contribution in [1.29, 1.82) is 0 Å². The zero-order valence-corrected chi connectivity index (χ0v) is 6.65. The molecule has 7 heavy (non-hydrogen) atoms. The van der Waals surface area contributed by atoms with Crippen molar-refractivity contribution >= 4 is 34.3 Å². The number of hydrogen-bond donors (Lipinski definition) is 0. The summed E-state index contributed by atoms with van der Waals surface area (Å²) in [5, 5.41) is 0. The molecule has 0 aliphatic carbocycles. The van der Waals surface area contributed by atoms with E-state index in [0.717, 1.165) is 9.39 Å². The van der Waals surface area contributed by atoms with Crippen LogP contribution < -0.4 is 0 Å². The lowest BCUT2D eigenvalue weighted by atomic mass is 10.6. The molecule has 0 unspecified atom stereocenters. The second kappa shape index (κ2) is 2.04. The van der Waals surface area contributed by atoms with Crippen molar-refractivity contribution in [3.05, 3.63) is 9.39 Å². The molecule has 1 aromatic rings. The minimum atomic E-state index is 1.02. The lowest BCUT2D eigenvalue weighted by molar-refractivity contribution is 1.28. The highest BCUT2D eigenvalue weighted by Crippen LogP contribution is 2.05. The van der Waals surface area contributed by atoms with Crippen LogP contribution in [-0.2, 0) is 0 Å². The molecule has 0 atom stereocenters. The molecule has 0 N–H and O–H groups in total. The van der Waals surface area contributed by atoms with Crippen molar-refractivity contribution in [3.8, 4) is 0 Å². The van der Waals surface area contributed by atoms with Gasteiger partial charge in [-0.2, -0.15) is 8.75 Å². The van der Waals surface area contributed by atoms with Gasteiger partial charge < -0.3 is 0 Å². The van der Waals surface area contributed by atoms with Gasteiger partial charge in [0.15, 0.2) is 0 Å². The Morgan fingerprint density at radius 2 is 2.29 bits per heavy atom. The molecule has 0 saturated carbocycles. The number of hydrogen-bond acceptors (Lipinski definition) is 3. The van der Waals surface area contributed by atoms with Crippen molar-refractivity contribution in [2.75, 3.05) is 0 Å². The second-order valence-corrected chi connectivity index (χ2v) is 2.69. The van der Waals surface area contributed by atoms with Crippen molar-refractivity contribution in [2.24, 2.45) is 0 Å². The zero-order valence-electron chi connectivity index (χ0n) is 3.68. The number of aryl methyl sites for hydroxylation is 1. The third kappa shape index (κ3) is 1.09. The molecule has 0 spiro atoms. The summed E-state index contributed by atoms with van der Waals surface area (Å²) in [4.78, 5) is 0. The average Bonchev–Trinajstić information content (AvgIpc) is 1.91. The molecule has 1 aromatic heterocycles. The van der Waals surface area contributed by atoms with Gasteiger partial charge in [-0.3, -0.25) is 0 Å². The van der Waals surface area contributed by atoms with Crippen LogP contribution in [0.1, 0.15) is 5.69 Å². The van der Waals surface area contributed by atoms with Crippen LogP contribution in [-0.4, -0.2) is 8.75 Å². The van der Waals surface area contributed by atoms with E-state index in [2.05, 4.69) is 31.3 Å². The van der Waals surface area contributed by atoms with Crippen molar-refractivity contribution in [2.45, 2.75) is 6.92 Å². The molecule has 1 rings (SSSR count). The van der Waals surface area contributed by atoms with Gasteiger partial charge in [0.2, 0.25) is 0 Å². The fraction of sp³-hybridized carbons (Fsp3) is 0.333. The standard InChI is InChI=1S/C3H3IN2S/c1-2-3(4)6-7-5-2/h1H3. The Labute approximate surface area is 59.4 Å². The molecule has 1 heterocycles. The van der Waals surface area contributed by atoms with E-state index in [1.54, 1.807) is 0 Å². The summed E-state index contributed by atoms with van der Waals surface area (Å²) in [7, 11) is 0. The largest absolute Gasteiger partial charge is 0.177 e. The Kier molecular flexibility index (Phi) is 1.58. The number of rotatable bonds is 0. The Morgan fingerprint density at radius 1 is 1.57 bits per heavy atom. The van der Waals surface area contributed by atoms with E-state index < -0.39 is 0 Å². The van der Waals surface area contributed by atoms with Gasteiger partial charge in [0.1, 0.15) is 3.70 Å². The summed E-state index contributed by atoms with van der Waals surface area (Å²) in [5.41, 5.74) is 1.03. The summed E-state index contributed by atoms with van der Waals surface area (Å²) in [6.45, 7) is 1.95. The Hall–Kier alpha value is 0.290. The topological polar surface area (TPSA) is 25.8 Å². The van der Waals surface area contributed by atoms with E-state index >= 15 is 0 Å². The highest BCUT2D eigenvalue weighted by Gasteiger charge is 1.93. The molecular formula is C3H3IN2S. The highest BCUT2D eigenvalue weighted by atomic mass is 127. The van der Waals surface area contributed by atoms with Gasteiger partial charge in [-0.05, 0) is 29.5 Å². The van der Waals surface area contributed by atoms with Crippen LogP contribution in [0.5, 0.6) is 0 Å². The zero-order chi connectivity index (χ0) is 5.28. The fourth-order valence-electron chi connectivity index (χ4n) is 0.221. The fourth-order valence-corrected chi connectivity index (χ4v) is 1.22. The Bertz CT molecular complexity index is 145. The van der Waals surface area contributed by atoms with Crippen LogP contribution >= 0.6 is 34.3 Å². The monoisotopic (exact) mass is 226 g/mol. The van der Waals surface area contributed by atoms with Crippen LogP contribution in [0, 0.1) is 10.6 Å². The van der Waals surface area contributed by atoms with Crippen LogP contribution in [0.25, 0.3) is 0 Å². The molecule has 0 fully saturated rings. The second-order valence-electron chi connectivity index (χ2n) is 1.14. The van der Waals surface area contributed by atoms with Gasteiger partial charge in [-0.1, -0.05) is 0 Å². The lowest BCUT2D eigenvalue weighted by Gasteiger charge is -1.72. The minimum Gasteiger partial charge on any atom is -0.177 e. The van der Waals surface area contributed by atoms with Gasteiger partial charge >= 0.3 is 0 Å². The predicted molar refractivity (Wildman–Crippen MR) is 37.4 cm³/mol. The van der Waals surface area contributed by atoms with E-state index in [1.165, 1.54) is 11.7 Å². The van der Waals surface area contributed by atoms with Crippen LogP contribution in [0.2, 0.25) is 0 Å². The normalized spacial score (nSPS) is 9.43. The number of aromatic nitrogens is 2. The quantitative estimate of drug-likeness (QED) is 0.625. The molecule has 0 radical (unpaired) electrons. The molecule has 0 bridgehead atoms. The first kappa shape index (κ1) is 5.43. The molecule has 0 amide bonds. The van der Waals surface area contributed by atoms with Gasteiger partial charge in [-0.25, -0.2) is 0 Å². The summed E-state index contributed by atoms with van der Waals surface area (Å²) in [5.74, 6) is 0. The van der Waals surface area contributed by atoms with Gasteiger partial charge in [-0.15, -0.1) is 0 Å². The maximum absolute atomic E-state index is 3.94. The van der Waals surface area contributed by atoms with Crippen molar-refractivity contribution in [3.63, 3.8) is 0 Å². The van der Waals surface area contributed by atoms with E-state index in [-0.39, 0.29) is 0 Å². The van der Waals surface area contributed by atoms with E-state index in [9.17, 15) is 0 Å². The molecule has 0 aliphatic heterocycles. The van der Waals surface area contributed by atoms with E-state index in [4.69, 9.17) is 0 Å². The molecular weight excluding hydrogens is 223 g/mol. The minimum absolute atomic E-state index is 1.02. The maximum Gasteiger partial charge on any atom is 0.138 e. The van der Waals surface area contributed by atoms with E-state index in [0.29, 0.717) is 0 Å².